The van der Waals surface area contributed by atoms with Crippen molar-refractivity contribution < 1.29 is 0 Å². The normalized spacial score (nSPS) is 16.5. The van der Waals surface area contributed by atoms with Gasteiger partial charge in [0.1, 0.15) is 11.9 Å². The summed E-state index contributed by atoms with van der Waals surface area (Å²) in [4.78, 5) is 9.21. The van der Waals surface area contributed by atoms with Crippen molar-refractivity contribution in [3.63, 3.8) is 0 Å². The number of thiophene rings is 1. The van der Waals surface area contributed by atoms with Crippen LogP contribution in [0, 0.1) is 11.3 Å². The molecule has 104 valence electrons. The Morgan fingerprint density at radius 3 is 2.85 bits per heavy atom. The number of nitrogens with zero attached hydrogens (tertiary/aromatic N) is 4. The first-order valence-electron chi connectivity index (χ1n) is 6.77. The van der Waals surface area contributed by atoms with Crippen LogP contribution in [-0.4, -0.2) is 49.2 Å². The van der Waals surface area contributed by atoms with E-state index in [2.05, 4.69) is 20.9 Å². The molecule has 6 heteroatoms. The second-order valence-corrected chi connectivity index (χ2v) is 5.80. The summed E-state index contributed by atoms with van der Waals surface area (Å²) in [6, 6.07) is 4.22. The second-order valence-electron chi connectivity index (χ2n) is 4.89. The Balaban J connectivity index is 1.85. The predicted octanol–water partition coefficient (Wildman–Crippen LogP) is 1.25. The Labute approximate surface area is 122 Å². The number of anilines is 1. The summed E-state index contributed by atoms with van der Waals surface area (Å²) in [5.41, 5.74) is 6.26. The van der Waals surface area contributed by atoms with Gasteiger partial charge in [0.15, 0.2) is 0 Å². The Hall–Kier alpha value is -1.68. The molecule has 0 unspecified atom stereocenters. The highest BCUT2D eigenvalue weighted by Crippen LogP contribution is 2.32. The number of nitrogens with two attached hydrogens (primary N) is 1. The maximum absolute atomic E-state index is 9.13. The first kappa shape index (κ1) is 13.3. The first-order chi connectivity index (χ1) is 9.83. The number of rotatable bonds is 3. The van der Waals surface area contributed by atoms with Gasteiger partial charge in [-0.15, -0.1) is 11.3 Å². The van der Waals surface area contributed by atoms with E-state index in [9.17, 15) is 0 Å². The summed E-state index contributed by atoms with van der Waals surface area (Å²) in [7, 11) is 0. The van der Waals surface area contributed by atoms with Crippen molar-refractivity contribution in [3.05, 3.63) is 23.2 Å². The Morgan fingerprint density at radius 1 is 1.35 bits per heavy atom. The van der Waals surface area contributed by atoms with Crippen LogP contribution in [0.3, 0.4) is 0 Å². The zero-order valence-electron chi connectivity index (χ0n) is 11.2. The molecule has 2 aromatic rings. The van der Waals surface area contributed by atoms with Crippen LogP contribution in [0.4, 0.5) is 5.82 Å². The summed E-state index contributed by atoms with van der Waals surface area (Å²) in [5.74, 6) is 1.02. The Bertz CT molecular complexity index is 637. The minimum Gasteiger partial charge on any atom is -0.353 e. The van der Waals surface area contributed by atoms with E-state index in [4.69, 9.17) is 11.0 Å². The molecule has 2 N–H and O–H groups in total. The van der Waals surface area contributed by atoms with Crippen LogP contribution < -0.4 is 10.6 Å². The monoisotopic (exact) mass is 287 g/mol. The van der Waals surface area contributed by atoms with Crippen LogP contribution in [0.25, 0.3) is 10.1 Å². The van der Waals surface area contributed by atoms with Crippen LogP contribution >= 0.6 is 11.3 Å². The standard InChI is InChI=1S/C14H17N5S/c15-2-3-18-4-6-19(7-5-18)14-13-12(1-8-20-13)11(9-16)10-17-14/h1,8,10H,2-7,15H2. The fraction of sp³-hybridized carbons (Fsp3) is 0.429. The zero-order valence-corrected chi connectivity index (χ0v) is 12.1. The van der Waals surface area contributed by atoms with Crippen LogP contribution in [-0.2, 0) is 0 Å². The fourth-order valence-electron chi connectivity index (χ4n) is 2.63. The molecular formula is C14H17N5S. The molecule has 2 aromatic heterocycles. The molecular weight excluding hydrogens is 270 g/mol. The minimum absolute atomic E-state index is 0.659. The van der Waals surface area contributed by atoms with E-state index in [1.807, 2.05) is 11.4 Å². The van der Waals surface area contributed by atoms with Gasteiger partial charge >= 0.3 is 0 Å². The lowest BCUT2D eigenvalue weighted by molar-refractivity contribution is 0.264. The number of aromatic nitrogens is 1. The predicted molar refractivity (Wildman–Crippen MR) is 82.0 cm³/mol. The van der Waals surface area contributed by atoms with E-state index in [0.29, 0.717) is 12.1 Å². The van der Waals surface area contributed by atoms with Crippen LogP contribution in [0.2, 0.25) is 0 Å². The fourth-order valence-corrected chi connectivity index (χ4v) is 3.56. The first-order valence-corrected chi connectivity index (χ1v) is 7.65. The van der Waals surface area contributed by atoms with Crippen molar-refractivity contribution in [2.24, 2.45) is 5.73 Å². The van der Waals surface area contributed by atoms with Gasteiger partial charge in [-0.3, -0.25) is 4.90 Å². The quantitative estimate of drug-likeness (QED) is 0.920. The van der Waals surface area contributed by atoms with E-state index < -0.39 is 0 Å². The number of nitriles is 1. The summed E-state index contributed by atoms with van der Waals surface area (Å²) < 4.78 is 1.12. The van der Waals surface area contributed by atoms with Crippen LogP contribution in [0.1, 0.15) is 5.56 Å². The second kappa shape index (κ2) is 5.75. The molecule has 0 radical (unpaired) electrons. The van der Waals surface area contributed by atoms with Gasteiger partial charge in [-0.25, -0.2) is 4.98 Å². The van der Waals surface area contributed by atoms with Gasteiger partial charge in [0.2, 0.25) is 0 Å². The van der Waals surface area contributed by atoms with Crippen LogP contribution in [0.5, 0.6) is 0 Å². The van der Waals surface area contributed by atoms with Crippen molar-refractivity contribution in [1.82, 2.24) is 9.88 Å². The van der Waals surface area contributed by atoms with Crippen molar-refractivity contribution in [2.45, 2.75) is 0 Å². The SMILES string of the molecule is N#Cc1cnc(N2CCN(CCN)CC2)c2sccc12. The number of piperazine rings is 1. The molecule has 1 aliphatic rings. The van der Waals surface area contributed by atoms with Gasteiger partial charge < -0.3 is 10.6 Å². The molecule has 0 spiro atoms. The average molecular weight is 287 g/mol. The lowest BCUT2D eigenvalue weighted by Gasteiger charge is -2.35. The maximum atomic E-state index is 9.13. The van der Waals surface area contributed by atoms with Gasteiger partial charge in [-0.1, -0.05) is 0 Å². The highest BCUT2D eigenvalue weighted by atomic mass is 32.1. The third-order valence-corrected chi connectivity index (χ3v) is 4.62. The molecule has 0 bridgehead atoms. The smallest absolute Gasteiger partial charge is 0.146 e. The number of hydrogen-bond donors (Lipinski definition) is 1. The Kier molecular flexibility index (Phi) is 3.83. The molecule has 5 nitrogen and oxygen atoms in total. The summed E-state index contributed by atoms with van der Waals surface area (Å²) in [6.07, 6.45) is 1.69. The molecule has 1 saturated heterocycles. The molecule has 0 aromatic carbocycles. The number of pyridine rings is 1. The largest absolute Gasteiger partial charge is 0.353 e. The molecule has 3 heterocycles. The topological polar surface area (TPSA) is 69.2 Å². The van der Waals surface area contributed by atoms with E-state index in [1.54, 1.807) is 17.5 Å². The van der Waals surface area contributed by atoms with Gasteiger partial charge in [0.25, 0.3) is 0 Å². The average Bonchev–Trinajstić information content (AvgIpc) is 2.97. The number of hydrogen-bond acceptors (Lipinski definition) is 6. The van der Waals surface area contributed by atoms with Gasteiger partial charge in [-0.2, -0.15) is 5.26 Å². The number of fused-ring (bicyclic) bond motifs is 1. The molecule has 0 amide bonds. The van der Waals surface area contributed by atoms with Crippen molar-refractivity contribution in [3.8, 4) is 6.07 Å². The summed E-state index contributed by atoms with van der Waals surface area (Å²) in [6.45, 7) is 5.64. The third-order valence-electron chi connectivity index (χ3n) is 3.71. The van der Waals surface area contributed by atoms with Crippen molar-refractivity contribution in [1.29, 1.82) is 5.26 Å². The van der Waals surface area contributed by atoms with E-state index in [1.165, 1.54) is 0 Å². The maximum Gasteiger partial charge on any atom is 0.146 e. The molecule has 3 rings (SSSR count). The lowest BCUT2D eigenvalue weighted by atomic mass is 10.2. The van der Waals surface area contributed by atoms with E-state index in [-0.39, 0.29) is 0 Å². The highest BCUT2D eigenvalue weighted by molar-refractivity contribution is 7.17. The third kappa shape index (κ3) is 2.36. The van der Waals surface area contributed by atoms with Gasteiger partial charge in [0.05, 0.1) is 10.3 Å². The van der Waals surface area contributed by atoms with Crippen molar-refractivity contribution >= 4 is 27.2 Å². The summed E-state index contributed by atoms with van der Waals surface area (Å²) in [5, 5.41) is 12.2. The highest BCUT2D eigenvalue weighted by Gasteiger charge is 2.20. The lowest BCUT2D eigenvalue weighted by Crippen LogP contribution is -2.48. The van der Waals surface area contributed by atoms with E-state index >= 15 is 0 Å². The summed E-state index contributed by atoms with van der Waals surface area (Å²) >= 11 is 1.66. The minimum atomic E-state index is 0.659. The van der Waals surface area contributed by atoms with E-state index in [0.717, 1.165) is 48.6 Å². The molecule has 0 saturated carbocycles. The Morgan fingerprint density at radius 2 is 2.15 bits per heavy atom. The van der Waals surface area contributed by atoms with Crippen molar-refractivity contribution in [2.75, 3.05) is 44.2 Å². The molecule has 20 heavy (non-hydrogen) atoms. The molecule has 1 aliphatic heterocycles. The van der Waals surface area contributed by atoms with Crippen LogP contribution in [0.15, 0.2) is 17.6 Å². The van der Waals surface area contributed by atoms with Gasteiger partial charge in [-0.05, 0) is 11.4 Å². The zero-order chi connectivity index (χ0) is 13.9. The molecule has 0 atom stereocenters. The van der Waals surface area contributed by atoms with Gasteiger partial charge in [0, 0.05) is 50.9 Å². The molecule has 0 aliphatic carbocycles. The molecule has 1 fully saturated rings.